The van der Waals surface area contributed by atoms with Crippen LogP contribution in [0.25, 0.3) is 0 Å². The number of hydrogen-bond acceptors (Lipinski definition) is 5. The molecule has 6 nitrogen and oxygen atoms in total. The second-order valence-electron chi connectivity index (χ2n) is 4.58. The fourth-order valence-electron chi connectivity index (χ4n) is 1.93. The van der Waals surface area contributed by atoms with Crippen LogP contribution < -0.4 is 10.0 Å². The third kappa shape index (κ3) is 4.68. The molecule has 1 aromatic rings. The van der Waals surface area contributed by atoms with Crippen molar-refractivity contribution in [3.63, 3.8) is 0 Å². The van der Waals surface area contributed by atoms with E-state index in [1.807, 2.05) is 0 Å². The molecule has 1 aliphatic heterocycles. The van der Waals surface area contributed by atoms with Crippen molar-refractivity contribution in [3.8, 4) is 0 Å². The first kappa shape index (κ1) is 16.3. The smallest absolute Gasteiger partial charge is 0.259 e. The Morgan fingerprint density at radius 3 is 2.79 bits per heavy atom. The van der Waals surface area contributed by atoms with Crippen molar-refractivity contribution in [1.82, 2.24) is 20.2 Å². The number of nitrogens with zero attached hydrogens (tertiary/aromatic N) is 2. The van der Waals surface area contributed by atoms with Crippen molar-refractivity contribution in [2.24, 2.45) is 5.92 Å². The number of rotatable bonds is 4. The molecule has 1 aliphatic rings. The van der Waals surface area contributed by atoms with Crippen LogP contribution in [-0.4, -0.2) is 38.2 Å². The Kier molecular flexibility index (Phi) is 6.12. The van der Waals surface area contributed by atoms with Gasteiger partial charge in [0.15, 0.2) is 5.03 Å². The molecule has 0 aliphatic carbocycles. The first-order chi connectivity index (χ1) is 8.58. The Labute approximate surface area is 119 Å². The normalized spacial score (nSPS) is 19.7. The second-order valence-corrected chi connectivity index (χ2v) is 6.29. The third-order valence-electron chi connectivity index (χ3n) is 3.01. The van der Waals surface area contributed by atoms with E-state index < -0.39 is 10.0 Å². The molecule has 0 saturated carbocycles. The lowest BCUT2D eigenvalue weighted by Gasteiger charge is -2.22. The van der Waals surface area contributed by atoms with Crippen molar-refractivity contribution < 1.29 is 8.42 Å². The third-order valence-corrected chi connectivity index (χ3v) is 4.32. The minimum atomic E-state index is -3.53. The van der Waals surface area contributed by atoms with E-state index in [2.05, 4.69) is 20.2 Å². The molecule has 0 radical (unpaired) electrons. The van der Waals surface area contributed by atoms with Crippen LogP contribution in [0.4, 0.5) is 0 Å². The van der Waals surface area contributed by atoms with Gasteiger partial charge in [-0.05, 0) is 50.9 Å². The minimum Gasteiger partial charge on any atom is -0.316 e. The van der Waals surface area contributed by atoms with Gasteiger partial charge in [0.1, 0.15) is 0 Å². The molecular weight excluding hydrogens is 288 g/mol. The lowest BCUT2D eigenvalue weighted by Crippen LogP contribution is -2.38. The SMILES string of the molecule is Cc1ccc(S(=O)(=O)NCC2CCCNC2)nn1.Cl. The lowest BCUT2D eigenvalue weighted by atomic mass is 10.0. The Morgan fingerprint density at radius 1 is 1.42 bits per heavy atom. The zero-order chi connectivity index (χ0) is 13.0. The number of nitrogens with one attached hydrogen (secondary N) is 2. The Balaban J connectivity index is 0.00000180. The van der Waals surface area contributed by atoms with Crippen LogP contribution in [0.5, 0.6) is 0 Å². The van der Waals surface area contributed by atoms with E-state index >= 15 is 0 Å². The summed E-state index contributed by atoms with van der Waals surface area (Å²) >= 11 is 0. The van der Waals surface area contributed by atoms with Crippen molar-refractivity contribution >= 4 is 22.4 Å². The summed E-state index contributed by atoms with van der Waals surface area (Å²) in [4.78, 5) is 0. The monoisotopic (exact) mass is 306 g/mol. The molecule has 0 spiro atoms. The molecule has 0 amide bonds. The van der Waals surface area contributed by atoms with Crippen molar-refractivity contribution in [2.45, 2.75) is 24.8 Å². The van der Waals surface area contributed by atoms with Crippen LogP contribution in [0.3, 0.4) is 0 Å². The molecule has 1 fully saturated rings. The molecule has 1 aromatic heterocycles. The van der Waals surface area contributed by atoms with Gasteiger partial charge in [0.2, 0.25) is 0 Å². The van der Waals surface area contributed by atoms with Gasteiger partial charge in [-0.15, -0.1) is 17.5 Å². The summed E-state index contributed by atoms with van der Waals surface area (Å²) in [7, 11) is -3.53. The average molecular weight is 307 g/mol. The minimum absolute atomic E-state index is 0. The summed E-state index contributed by atoms with van der Waals surface area (Å²) < 4.78 is 26.5. The number of halogens is 1. The van der Waals surface area contributed by atoms with Gasteiger partial charge in [-0.2, -0.15) is 5.10 Å². The molecule has 2 rings (SSSR count). The van der Waals surface area contributed by atoms with E-state index in [0.29, 0.717) is 18.2 Å². The molecule has 19 heavy (non-hydrogen) atoms. The maximum Gasteiger partial charge on any atom is 0.259 e. The highest BCUT2D eigenvalue weighted by Crippen LogP contribution is 2.10. The van der Waals surface area contributed by atoms with Crippen LogP contribution in [0.1, 0.15) is 18.5 Å². The van der Waals surface area contributed by atoms with Crippen LogP contribution in [-0.2, 0) is 10.0 Å². The van der Waals surface area contributed by atoms with Crippen molar-refractivity contribution in [1.29, 1.82) is 0 Å². The van der Waals surface area contributed by atoms with E-state index in [1.165, 1.54) is 6.07 Å². The summed E-state index contributed by atoms with van der Waals surface area (Å²) in [5, 5.41) is 10.7. The number of aryl methyl sites for hydroxylation is 1. The summed E-state index contributed by atoms with van der Waals surface area (Å²) in [5.74, 6) is 0.354. The number of piperidine rings is 1. The quantitative estimate of drug-likeness (QED) is 0.845. The fraction of sp³-hybridized carbons (Fsp3) is 0.636. The van der Waals surface area contributed by atoms with Crippen LogP contribution >= 0.6 is 12.4 Å². The molecule has 8 heteroatoms. The van der Waals surface area contributed by atoms with Crippen LogP contribution in [0, 0.1) is 12.8 Å². The first-order valence-corrected chi connectivity index (χ1v) is 7.57. The maximum absolute atomic E-state index is 12.0. The Morgan fingerprint density at radius 2 is 2.21 bits per heavy atom. The summed E-state index contributed by atoms with van der Waals surface area (Å²) in [6.45, 7) is 4.10. The maximum atomic E-state index is 12.0. The Hall–Kier alpha value is -0.760. The second kappa shape index (κ2) is 7.14. The molecule has 1 saturated heterocycles. The molecule has 108 valence electrons. The van der Waals surface area contributed by atoms with Crippen molar-refractivity contribution in [2.75, 3.05) is 19.6 Å². The number of sulfonamides is 1. The topological polar surface area (TPSA) is 84.0 Å². The average Bonchev–Trinajstić information content (AvgIpc) is 2.38. The van der Waals surface area contributed by atoms with E-state index in [1.54, 1.807) is 13.0 Å². The lowest BCUT2D eigenvalue weighted by molar-refractivity contribution is 0.375. The predicted octanol–water partition coefficient (Wildman–Crippen LogP) is 0.485. The highest BCUT2D eigenvalue weighted by Gasteiger charge is 2.19. The highest BCUT2D eigenvalue weighted by molar-refractivity contribution is 7.89. The summed E-state index contributed by atoms with van der Waals surface area (Å²) in [5.41, 5.74) is 0.699. The molecule has 1 atom stereocenters. The van der Waals surface area contributed by atoms with Gasteiger partial charge in [0.05, 0.1) is 5.69 Å². The largest absolute Gasteiger partial charge is 0.316 e. The van der Waals surface area contributed by atoms with E-state index in [9.17, 15) is 8.42 Å². The van der Waals surface area contributed by atoms with E-state index in [0.717, 1.165) is 25.9 Å². The predicted molar refractivity (Wildman–Crippen MR) is 74.8 cm³/mol. The van der Waals surface area contributed by atoms with Gasteiger partial charge < -0.3 is 5.32 Å². The first-order valence-electron chi connectivity index (χ1n) is 6.08. The Bertz CT molecular complexity index is 486. The molecule has 2 N–H and O–H groups in total. The van der Waals surface area contributed by atoms with Gasteiger partial charge in [0.25, 0.3) is 10.0 Å². The van der Waals surface area contributed by atoms with Gasteiger partial charge in [-0.3, -0.25) is 0 Å². The number of hydrogen-bond donors (Lipinski definition) is 2. The molecule has 2 heterocycles. The van der Waals surface area contributed by atoms with E-state index in [-0.39, 0.29) is 17.4 Å². The zero-order valence-electron chi connectivity index (χ0n) is 10.8. The summed E-state index contributed by atoms with van der Waals surface area (Å²) in [6, 6.07) is 3.12. The van der Waals surface area contributed by atoms with Gasteiger partial charge in [-0.1, -0.05) is 0 Å². The number of aromatic nitrogens is 2. The molecule has 0 bridgehead atoms. The van der Waals surface area contributed by atoms with Gasteiger partial charge >= 0.3 is 0 Å². The van der Waals surface area contributed by atoms with Gasteiger partial charge in [-0.25, -0.2) is 13.1 Å². The molecule has 1 unspecified atom stereocenters. The standard InChI is InChI=1S/C11H18N4O2S.ClH/c1-9-4-5-11(15-14-9)18(16,17)13-8-10-3-2-6-12-7-10;/h4-5,10,12-13H,2-3,6-8H2,1H3;1H. The van der Waals surface area contributed by atoms with Crippen LogP contribution in [0.2, 0.25) is 0 Å². The highest BCUT2D eigenvalue weighted by atomic mass is 35.5. The van der Waals surface area contributed by atoms with Crippen LogP contribution in [0.15, 0.2) is 17.2 Å². The fourth-order valence-corrected chi connectivity index (χ4v) is 2.93. The zero-order valence-corrected chi connectivity index (χ0v) is 12.4. The van der Waals surface area contributed by atoms with Crippen molar-refractivity contribution in [3.05, 3.63) is 17.8 Å². The molecule has 0 aromatic carbocycles. The van der Waals surface area contributed by atoms with E-state index in [4.69, 9.17) is 0 Å². The van der Waals surface area contributed by atoms with Gasteiger partial charge in [0, 0.05) is 6.54 Å². The molecular formula is C11H19ClN4O2S. The summed E-state index contributed by atoms with van der Waals surface area (Å²) in [6.07, 6.45) is 2.14.